The van der Waals surface area contributed by atoms with Gasteiger partial charge in [0, 0.05) is 17.2 Å². The van der Waals surface area contributed by atoms with Crippen LogP contribution in [0.4, 0.5) is 5.69 Å². The predicted octanol–water partition coefficient (Wildman–Crippen LogP) is 0.389. The number of fused-ring (bicyclic) bond motifs is 1. The second-order valence-electron chi connectivity index (χ2n) is 7.65. The average Bonchev–Trinajstić information content (AvgIpc) is 3.21. The molecular formula is C21H24N3O6S+. The van der Waals surface area contributed by atoms with E-state index in [1.165, 1.54) is 52.5 Å². The fraction of sp³-hybridized carbons (Fsp3) is 0.333. The van der Waals surface area contributed by atoms with Gasteiger partial charge in [-0.3, -0.25) is 9.59 Å². The molecule has 2 aliphatic heterocycles. The number of likely N-dealkylation sites (N-methyl/N-ethyl adjacent to an activating group) is 1. The van der Waals surface area contributed by atoms with Gasteiger partial charge < -0.3 is 19.7 Å². The lowest BCUT2D eigenvalue weighted by atomic mass is 10.1. The van der Waals surface area contributed by atoms with Crippen molar-refractivity contribution < 1.29 is 32.4 Å². The summed E-state index contributed by atoms with van der Waals surface area (Å²) in [6.07, 6.45) is 0. The number of carbonyl (C=O) groups is 2. The average molecular weight is 447 g/mol. The smallest absolute Gasteiger partial charge is 0.255 e. The molecule has 2 aromatic carbocycles. The lowest BCUT2D eigenvalue weighted by Gasteiger charge is -2.29. The number of hydrogen-bond acceptors (Lipinski definition) is 6. The molecule has 31 heavy (non-hydrogen) atoms. The van der Waals surface area contributed by atoms with Crippen molar-refractivity contribution in [1.29, 1.82) is 0 Å². The monoisotopic (exact) mass is 446 g/mol. The van der Waals surface area contributed by atoms with Crippen LogP contribution in [0.25, 0.3) is 0 Å². The molecule has 0 spiro atoms. The van der Waals surface area contributed by atoms with Gasteiger partial charge in [0.2, 0.25) is 16.8 Å². The maximum Gasteiger partial charge on any atom is 0.255 e. The van der Waals surface area contributed by atoms with E-state index in [0.717, 1.165) is 13.1 Å². The molecule has 0 unspecified atom stereocenters. The Kier molecular flexibility index (Phi) is 5.69. The lowest BCUT2D eigenvalue weighted by Crippen LogP contribution is -3.12. The van der Waals surface area contributed by atoms with Crippen LogP contribution in [0.15, 0.2) is 41.3 Å². The number of rotatable bonds is 5. The van der Waals surface area contributed by atoms with Gasteiger partial charge in [-0.15, -0.1) is 0 Å². The first kappa shape index (κ1) is 21.3. The third kappa shape index (κ3) is 4.27. The maximum atomic E-state index is 13.0. The van der Waals surface area contributed by atoms with Crippen LogP contribution in [0.3, 0.4) is 0 Å². The zero-order valence-electron chi connectivity index (χ0n) is 17.3. The Morgan fingerprint density at radius 2 is 1.74 bits per heavy atom. The van der Waals surface area contributed by atoms with Crippen LogP contribution < -0.4 is 19.7 Å². The van der Waals surface area contributed by atoms with Crippen molar-refractivity contribution in [3.8, 4) is 11.5 Å². The largest absolute Gasteiger partial charge is 0.454 e. The van der Waals surface area contributed by atoms with Crippen LogP contribution in [0.1, 0.15) is 27.6 Å². The number of amides is 1. The van der Waals surface area contributed by atoms with Crippen molar-refractivity contribution in [3.05, 3.63) is 47.5 Å². The van der Waals surface area contributed by atoms with Crippen molar-refractivity contribution in [2.24, 2.45) is 0 Å². The molecule has 0 aromatic heterocycles. The van der Waals surface area contributed by atoms with Crippen molar-refractivity contribution in [2.45, 2.75) is 11.8 Å². The van der Waals surface area contributed by atoms with E-state index in [1.54, 1.807) is 0 Å². The molecule has 0 atom stereocenters. The molecule has 4 rings (SSSR count). The summed E-state index contributed by atoms with van der Waals surface area (Å²) in [5, 5.41) is 2.69. The van der Waals surface area contributed by atoms with E-state index in [-0.39, 0.29) is 34.3 Å². The zero-order valence-corrected chi connectivity index (χ0v) is 18.1. The fourth-order valence-electron chi connectivity index (χ4n) is 3.59. The minimum Gasteiger partial charge on any atom is -0.454 e. The molecular weight excluding hydrogens is 422 g/mol. The van der Waals surface area contributed by atoms with Gasteiger partial charge in [-0.1, -0.05) is 6.07 Å². The SMILES string of the molecule is CC(=O)c1cc2c(cc1NC(=O)c1cccc(S(=O)(=O)N3CC[NH+](C)CC3)c1)OCO2. The molecule has 164 valence electrons. The fourth-order valence-corrected chi connectivity index (χ4v) is 5.07. The Morgan fingerprint density at radius 1 is 1.06 bits per heavy atom. The highest BCUT2D eigenvalue weighted by Crippen LogP contribution is 2.37. The highest BCUT2D eigenvalue weighted by molar-refractivity contribution is 7.89. The molecule has 2 aromatic rings. The number of benzene rings is 2. The number of nitrogens with one attached hydrogen (secondary N) is 2. The Balaban J connectivity index is 1.59. The Morgan fingerprint density at radius 3 is 2.42 bits per heavy atom. The third-order valence-corrected chi connectivity index (χ3v) is 7.34. The third-order valence-electron chi connectivity index (χ3n) is 5.45. The van der Waals surface area contributed by atoms with E-state index >= 15 is 0 Å². The van der Waals surface area contributed by atoms with Crippen LogP contribution >= 0.6 is 0 Å². The van der Waals surface area contributed by atoms with Crippen LogP contribution in [-0.2, 0) is 10.0 Å². The van der Waals surface area contributed by atoms with E-state index in [2.05, 4.69) is 5.32 Å². The highest BCUT2D eigenvalue weighted by Gasteiger charge is 2.29. The number of nitrogens with zero attached hydrogens (tertiary/aromatic N) is 1. The second kappa shape index (κ2) is 8.29. The van der Waals surface area contributed by atoms with Gasteiger partial charge in [-0.2, -0.15) is 4.31 Å². The van der Waals surface area contributed by atoms with Gasteiger partial charge in [0.05, 0.1) is 43.8 Å². The quantitative estimate of drug-likeness (QED) is 0.644. The molecule has 9 nitrogen and oxygen atoms in total. The lowest BCUT2D eigenvalue weighted by molar-refractivity contribution is -0.883. The molecule has 0 bridgehead atoms. The Labute approximate surface area is 180 Å². The van der Waals surface area contributed by atoms with Crippen LogP contribution in [0.2, 0.25) is 0 Å². The van der Waals surface area contributed by atoms with E-state index in [1.807, 2.05) is 7.05 Å². The van der Waals surface area contributed by atoms with E-state index in [4.69, 9.17) is 9.47 Å². The summed E-state index contributed by atoms with van der Waals surface area (Å²) in [7, 11) is -1.67. The van der Waals surface area contributed by atoms with Gasteiger partial charge in [0.15, 0.2) is 17.3 Å². The minimum atomic E-state index is -3.69. The first-order valence-corrected chi connectivity index (χ1v) is 11.4. The normalized spacial score (nSPS) is 16.8. The minimum absolute atomic E-state index is 0.0395. The van der Waals surface area contributed by atoms with Crippen molar-refractivity contribution >= 4 is 27.4 Å². The first-order chi connectivity index (χ1) is 14.8. The maximum absolute atomic E-state index is 13.0. The summed E-state index contributed by atoms with van der Waals surface area (Å²) in [5.41, 5.74) is 0.728. The second-order valence-corrected chi connectivity index (χ2v) is 9.59. The predicted molar refractivity (Wildman–Crippen MR) is 112 cm³/mol. The molecule has 0 aliphatic carbocycles. The summed E-state index contributed by atoms with van der Waals surface area (Å²) in [6.45, 7) is 3.76. The first-order valence-electron chi connectivity index (χ1n) is 9.93. The van der Waals surface area contributed by atoms with Gasteiger partial charge in [-0.25, -0.2) is 8.42 Å². The zero-order chi connectivity index (χ0) is 22.2. The number of carbonyl (C=O) groups excluding carboxylic acids is 2. The molecule has 0 radical (unpaired) electrons. The molecule has 2 N–H and O–H groups in total. The Bertz CT molecular complexity index is 1140. The molecule has 10 heteroatoms. The number of anilines is 1. The van der Waals surface area contributed by atoms with Crippen LogP contribution in [0.5, 0.6) is 11.5 Å². The number of Topliss-reactive ketones (excluding diaryl/α,β-unsaturated/α-hetero) is 1. The molecule has 1 saturated heterocycles. The number of ketones is 1. The van der Waals surface area contributed by atoms with E-state index in [9.17, 15) is 18.0 Å². The number of hydrogen-bond donors (Lipinski definition) is 2. The highest BCUT2D eigenvalue weighted by atomic mass is 32.2. The van der Waals surface area contributed by atoms with Gasteiger partial charge in [-0.05, 0) is 31.2 Å². The van der Waals surface area contributed by atoms with E-state index < -0.39 is 15.9 Å². The van der Waals surface area contributed by atoms with Gasteiger partial charge in [0.1, 0.15) is 0 Å². The van der Waals surface area contributed by atoms with Crippen LogP contribution in [0, 0.1) is 0 Å². The number of ether oxygens (including phenoxy) is 2. The molecule has 1 amide bonds. The van der Waals surface area contributed by atoms with Gasteiger partial charge in [0.25, 0.3) is 5.91 Å². The molecule has 1 fully saturated rings. The number of piperazine rings is 1. The molecule has 2 aliphatic rings. The summed E-state index contributed by atoms with van der Waals surface area (Å²) < 4.78 is 38.1. The summed E-state index contributed by atoms with van der Waals surface area (Å²) >= 11 is 0. The molecule has 2 heterocycles. The standard InChI is InChI=1S/C21H23N3O6S/c1-14(25)17-11-19-20(30-13-29-19)12-18(17)22-21(26)15-4-3-5-16(10-15)31(27,28)24-8-6-23(2)7-9-24/h3-5,10-12H,6-9,13H2,1-2H3,(H,22,26)/p+1. The number of sulfonamides is 1. The van der Waals surface area contributed by atoms with Crippen molar-refractivity contribution in [1.82, 2.24) is 4.31 Å². The van der Waals surface area contributed by atoms with Crippen LogP contribution in [-0.4, -0.2) is 64.4 Å². The summed E-state index contributed by atoms with van der Waals surface area (Å²) in [5.74, 6) is 0.0856. The summed E-state index contributed by atoms with van der Waals surface area (Å²) in [6, 6.07) is 8.97. The van der Waals surface area contributed by atoms with Crippen molar-refractivity contribution in [2.75, 3.05) is 45.3 Å². The number of quaternary nitrogens is 1. The van der Waals surface area contributed by atoms with Crippen molar-refractivity contribution in [3.63, 3.8) is 0 Å². The summed E-state index contributed by atoms with van der Waals surface area (Å²) in [4.78, 5) is 26.3. The molecule has 0 saturated carbocycles. The van der Waals surface area contributed by atoms with Gasteiger partial charge >= 0.3 is 0 Å². The van der Waals surface area contributed by atoms with E-state index in [0.29, 0.717) is 24.6 Å². The Hall–Kier alpha value is -2.95. The topological polar surface area (TPSA) is 106 Å².